The summed E-state index contributed by atoms with van der Waals surface area (Å²) in [6, 6.07) is 7.96. The Morgan fingerprint density at radius 1 is 1.21 bits per heavy atom. The van der Waals surface area contributed by atoms with Gasteiger partial charge in [-0.15, -0.1) is 11.3 Å². The lowest BCUT2D eigenvalue weighted by Crippen LogP contribution is -2.36. The van der Waals surface area contributed by atoms with Gasteiger partial charge in [-0.3, -0.25) is 5.10 Å². The molecular weight excluding hydrogens is 440 g/mol. The SMILES string of the molecule is O=C(O)C1=CC(c2cc3nc(-c4cccc5[nH]ncc45)nc(N4CCOCC4)c3s2)=CNC1. The van der Waals surface area contributed by atoms with Crippen LogP contribution in [0, 0.1) is 0 Å². The molecule has 0 saturated carbocycles. The van der Waals surface area contributed by atoms with Crippen LogP contribution in [0.15, 0.2) is 48.3 Å². The van der Waals surface area contributed by atoms with Crippen molar-refractivity contribution >= 4 is 49.8 Å². The number of fused-ring (bicyclic) bond motifs is 2. The number of benzene rings is 1. The fraction of sp³-hybridized carbons (Fsp3) is 0.217. The quantitative estimate of drug-likeness (QED) is 0.426. The lowest BCUT2D eigenvalue weighted by Gasteiger charge is -2.28. The fourth-order valence-corrected chi connectivity index (χ4v) is 5.26. The van der Waals surface area contributed by atoms with Crippen LogP contribution in [0.2, 0.25) is 0 Å². The summed E-state index contributed by atoms with van der Waals surface area (Å²) in [5, 5.41) is 20.6. The number of nitrogens with one attached hydrogen (secondary N) is 2. The summed E-state index contributed by atoms with van der Waals surface area (Å²) in [6.07, 6.45) is 5.37. The molecular formula is C23H20N6O3S. The van der Waals surface area contributed by atoms with Crippen LogP contribution in [0.1, 0.15) is 4.88 Å². The molecule has 3 N–H and O–H groups in total. The van der Waals surface area contributed by atoms with E-state index in [1.807, 2.05) is 30.5 Å². The highest BCUT2D eigenvalue weighted by Crippen LogP contribution is 2.38. The topological polar surface area (TPSA) is 116 Å². The maximum Gasteiger partial charge on any atom is 0.333 e. The van der Waals surface area contributed by atoms with Crippen molar-refractivity contribution in [3.8, 4) is 11.4 Å². The van der Waals surface area contributed by atoms with E-state index < -0.39 is 5.97 Å². The number of thiophene rings is 1. The molecule has 0 amide bonds. The highest BCUT2D eigenvalue weighted by molar-refractivity contribution is 7.20. The summed E-state index contributed by atoms with van der Waals surface area (Å²) >= 11 is 1.58. The van der Waals surface area contributed by atoms with Crippen LogP contribution < -0.4 is 10.2 Å². The second-order valence-corrected chi connectivity index (χ2v) is 8.94. The molecule has 33 heavy (non-hydrogen) atoms. The lowest BCUT2D eigenvalue weighted by atomic mass is 10.1. The van der Waals surface area contributed by atoms with Crippen molar-refractivity contribution in [1.82, 2.24) is 25.5 Å². The number of hydrogen-bond donors (Lipinski definition) is 3. The Hall–Kier alpha value is -3.76. The fourth-order valence-electron chi connectivity index (χ4n) is 4.16. The van der Waals surface area contributed by atoms with E-state index in [1.165, 1.54) is 0 Å². The molecule has 3 aromatic heterocycles. The Bertz CT molecular complexity index is 1450. The van der Waals surface area contributed by atoms with Gasteiger partial charge in [-0.1, -0.05) is 12.1 Å². The maximum absolute atomic E-state index is 11.5. The smallest absolute Gasteiger partial charge is 0.333 e. The molecule has 0 unspecified atom stereocenters. The van der Waals surface area contributed by atoms with Crippen LogP contribution in [0.4, 0.5) is 5.82 Å². The van der Waals surface area contributed by atoms with E-state index >= 15 is 0 Å². The lowest BCUT2D eigenvalue weighted by molar-refractivity contribution is -0.132. The minimum absolute atomic E-state index is 0.307. The van der Waals surface area contributed by atoms with Crippen molar-refractivity contribution in [2.24, 2.45) is 0 Å². The van der Waals surface area contributed by atoms with Gasteiger partial charge in [0.05, 0.1) is 40.7 Å². The molecule has 1 aromatic carbocycles. The van der Waals surface area contributed by atoms with E-state index in [4.69, 9.17) is 14.7 Å². The zero-order valence-corrected chi connectivity index (χ0v) is 18.4. The van der Waals surface area contributed by atoms with Crippen LogP contribution in [-0.2, 0) is 9.53 Å². The number of hydrogen-bond acceptors (Lipinski definition) is 8. The third kappa shape index (κ3) is 3.53. The number of dihydropyridines is 1. The molecule has 2 aliphatic rings. The van der Waals surface area contributed by atoms with Crippen LogP contribution in [-0.4, -0.2) is 64.1 Å². The van der Waals surface area contributed by atoms with Crippen molar-refractivity contribution in [3.63, 3.8) is 0 Å². The van der Waals surface area contributed by atoms with Gasteiger partial charge in [0, 0.05) is 47.2 Å². The number of ether oxygens (including phenoxy) is 1. The Kier molecular flexibility index (Phi) is 4.81. The van der Waals surface area contributed by atoms with Crippen molar-refractivity contribution in [2.45, 2.75) is 0 Å². The first-order valence-corrected chi connectivity index (χ1v) is 11.4. The molecule has 0 bridgehead atoms. The molecule has 6 rings (SSSR count). The molecule has 0 aliphatic carbocycles. The largest absolute Gasteiger partial charge is 0.478 e. The van der Waals surface area contributed by atoms with Crippen molar-refractivity contribution in [3.05, 3.63) is 53.2 Å². The van der Waals surface area contributed by atoms with E-state index in [9.17, 15) is 9.90 Å². The number of H-pyrrole nitrogens is 1. The maximum atomic E-state index is 11.5. The van der Waals surface area contributed by atoms with Gasteiger partial charge >= 0.3 is 5.97 Å². The summed E-state index contributed by atoms with van der Waals surface area (Å²) in [5.74, 6) is 0.596. The van der Waals surface area contributed by atoms with E-state index in [2.05, 4.69) is 20.4 Å². The van der Waals surface area contributed by atoms with Gasteiger partial charge in [0.15, 0.2) is 11.6 Å². The molecule has 9 nitrogen and oxygen atoms in total. The molecule has 1 saturated heterocycles. The van der Waals surface area contributed by atoms with E-state index in [0.717, 1.165) is 56.0 Å². The number of anilines is 1. The summed E-state index contributed by atoms with van der Waals surface area (Å²) < 4.78 is 6.53. The Morgan fingerprint density at radius 3 is 2.94 bits per heavy atom. The van der Waals surface area contributed by atoms with Crippen LogP contribution >= 0.6 is 11.3 Å². The standard InChI is InChI=1S/C23H20N6O3S/c30-23(31)14-8-13(10-24-11-14)19-9-18-20(33-19)22(29-4-6-32-7-5-29)27-21(26-18)15-2-1-3-17-16(15)12-25-28-17/h1-3,8-10,12,24H,4-7,11H2,(H,25,28)(H,30,31). The Labute approximate surface area is 192 Å². The Balaban J connectivity index is 1.53. The van der Waals surface area contributed by atoms with Crippen molar-refractivity contribution in [1.29, 1.82) is 0 Å². The average Bonchev–Trinajstić information content (AvgIpc) is 3.51. The van der Waals surface area contributed by atoms with Gasteiger partial charge in [-0.05, 0) is 18.2 Å². The number of aliphatic carboxylic acids is 1. The second-order valence-electron chi connectivity index (χ2n) is 7.89. The summed E-state index contributed by atoms with van der Waals surface area (Å²) in [7, 11) is 0. The molecule has 166 valence electrons. The highest BCUT2D eigenvalue weighted by Gasteiger charge is 2.22. The number of rotatable bonds is 4. The van der Waals surface area contributed by atoms with Crippen LogP contribution in [0.25, 0.3) is 38.1 Å². The minimum Gasteiger partial charge on any atom is -0.478 e. The summed E-state index contributed by atoms with van der Waals surface area (Å²) in [6.45, 7) is 3.11. The van der Waals surface area contributed by atoms with Gasteiger partial charge in [-0.25, -0.2) is 14.8 Å². The van der Waals surface area contributed by atoms with Gasteiger partial charge < -0.3 is 20.1 Å². The first kappa shape index (κ1) is 19.9. The second kappa shape index (κ2) is 7.98. The van der Waals surface area contributed by atoms with Crippen LogP contribution in [0.3, 0.4) is 0 Å². The third-order valence-corrected chi connectivity index (χ3v) is 7.00. The number of nitrogens with zero attached hydrogens (tertiary/aromatic N) is 4. The van der Waals surface area contributed by atoms with Gasteiger partial charge in [0.2, 0.25) is 0 Å². The molecule has 4 aromatic rings. The summed E-state index contributed by atoms with van der Waals surface area (Å²) in [5.41, 5.74) is 3.83. The number of carboxylic acid groups (broad SMARTS) is 1. The Morgan fingerprint density at radius 2 is 2.09 bits per heavy atom. The number of carboxylic acids is 1. The molecule has 0 spiro atoms. The first-order chi connectivity index (χ1) is 16.2. The molecule has 1 fully saturated rings. The predicted octanol–water partition coefficient (Wildman–Crippen LogP) is 3.03. The molecule has 0 atom stereocenters. The number of aromatic amines is 1. The van der Waals surface area contributed by atoms with Gasteiger partial charge in [-0.2, -0.15) is 5.10 Å². The average molecular weight is 461 g/mol. The third-order valence-electron chi connectivity index (χ3n) is 5.83. The normalized spacial score (nSPS) is 16.5. The first-order valence-electron chi connectivity index (χ1n) is 10.6. The number of aromatic nitrogens is 4. The van der Waals surface area contributed by atoms with E-state index in [-0.39, 0.29) is 0 Å². The van der Waals surface area contributed by atoms with Gasteiger partial charge in [0.25, 0.3) is 0 Å². The predicted molar refractivity (Wildman–Crippen MR) is 127 cm³/mol. The zero-order chi connectivity index (χ0) is 22.4. The highest BCUT2D eigenvalue weighted by atomic mass is 32.1. The number of allylic oxidation sites excluding steroid dienone is 2. The molecule has 10 heteroatoms. The van der Waals surface area contributed by atoms with Crippen LogP contribution in [0.5, 0.6) is 0 Å². The zero-order valence-electron chi connectivity index (χ0n) is 17.5. The van der Waals surface area contributed by atoms with E-state index in [0.29, 0.717) is 31.2 Å². The summed E-state index contributed by atoms with van der Waals surface area (Å²) in [4.78, 5) is 24.6. The monoisotopic (exact) mass is 460 g/mol. The van der Waals surface area contributed by atoms with Crippen molar-refractivity contribution in [2.75, 3.05) is 37.7 Å². The van der Waals surface area contributed by atoms with Gasteiger partial charge in [0.1, 0.15) is 0 Å². The number of carbonyl (C=O) groups is 1. The molecule has 2 aliphatic heterocycles. The number of morpholine rings is 1. The minimum atomic E-state index is -0.918. The molecule has 5 heterocycles. The molecule has 0 radical (unpaired) electrons. The van der Waals surface area contributed by atoms with Crippen molar-refractivity contribution < 1.29 is 14.6 Å². The van der Waals surface area contributed by atoms with E-state index in [1.54, 1.807) is 23.6 Å².